The number of ketones is 1. The largest absolute Gasteiger partial charge is 0.382 e. The molecule has 1 saturated heterocycles. The number of hydrogen-bond donors (Lipinski definition) is 3. The van der Waals surface area contributed by atoms with Crippen LogP contribution in [0.15, 0.2) is 78.9 Å². The van der Waals surface area contributed by atoms with Crippen molar-refractivity contribution in [2.24, 2.45) is 5.92 Å². The van der Waals surface area contributed by atoms with Gasteiger partial charge in [-0.15, -0.1) is 0 Å². The van der Waals surface area contributed by atoms with Gasteiger partial charge in [-0.25, -0.2) is 9.18 Å². The van der Waals surface area contributed by atoms with E-state index in [-0.39, 0.29) is 18.1 Å². The summed E-state index contributed by atoms with van der Waals surface area (Å²) in [6.07, 6.45) is 2.90. The lowest BCUT2D eigenvalue weighted by molar-refractivity contribution is -0.00682. The van der Waals surface area contributed by atoms with E-state index in [4.69, 9.17) is 0 Å². The van der Waals surface area contributed by atoms with Gasteiger partial charge in [-0.3, -0.25) is 4.79 Å². The summed E-state index contributed by atoms with van der Waals surface area (Å²) in [5.74, 6) is 0.218. The molecule has 194 valence electrons. The fraction of sp³-hybridized carbons (Fsp3) is 0.333. The zero-order valence-corrected chi connectivity index (χ0v) is 21.1. The number of rotatable bonds is 9. The van der Waals surface area contributed by atoms with E-state index in [0.29, 0.717) is 23.7 Å². The molecule has 2 amide bonds. The summed E-state index contributed by atoms with van der Waals surface area (Å²) in [5, 5.41) is 17.3. The number of hydrogen-bond acceptors (Lipinski definition) is 4. The molecule has 7 heteroatoms. The summed E-state index contributed by atoms with van der Waals surface area (Å²) in [4.78, 5) is 26.5. The fourth-order valence-corrected chi connectivity index (χ4v) is 4.89. The molecule has 3 N–H and O–H groups in total. The Morgan fingerprint density at radius 3 is 2.38 bits per heavy atom. The average Bonchev–Trinajstić information content (AvgIpc) is 2.91. The summed E-state index contributed by atoms with van der Waals surface area (Å²) < 4.78 is 13.2. The highest BCUT2D eigenvalue weighted by Crippen LogP contribution is 2.27. The number of nitrogens with one attached hydrogen (secondary N) is 2. The average molecular weight is 504 g/mol. The molecule has 3 aromatic carbocycles. The molecule has 6 nitrogen and oxygen atoms in total. The molecule has 3 aromatic rings. The van der Waals surface area contributed by atoms with E-state index in [1.165, 1.54) is 19.1 Å². The first kappa shape index (κ1) is 26.5. The number of halogens is 1. The van der Waals surface area contributed by atoms with E-state index in [1.807, 2.05) is 42.5 Å². The fourth-order valence-electron chi connectivity index (χ4n) is 4.89. The van der Waals surface area contributed by atoms with Crippen molar-refractivity contribution < 1.29 is 19.1 Å². The highest BCUT2D eigenvalue weighted by molar-refractivity contribution is 5.96. The van der Waals surface area contributed by atoms with Crippen molar-refractivity contribution in [2.45, 2.75) is 31.8 Å². The number of likely N-dealkylation sites (tertiary alicyclic amines) is 1. The van der Waals surface area contributed by atoms with Crippen LogP contribution in [0.5, 0.6) is 0 Å². The van der Waals surface area contributed by atoms with Gasteiger partial charge in [0, 0.05) is 17.8 Å². The Balaban J connectivity index is 1.35. The molecular weight excluding hydrogens is 469 g/mol. The molecule has 1 aliphatic rings. The number of nitrogens with zero attached hydrogens (tertiary/aromatic N) is 1. The molecule has 0 saturated carbocycles. The molecule has 1 fully saturated rings. The molecule has 1 unspecified atom stereocenters. The van der Waals surface area contributed by atoms with Crippen LogP contribution in [-0.4, -0.2) is 48.0 Å². The highest BCUT2D eigenvalue weighted by Gasteiger charge is 2.33. The minimum atomic E-state index is -1.27. The van der Waals surface area contributed by atoms with Crippen molar-refractivity contribution in [3.05, 3.63) is 101 Å². The molecule has 0 radical (unpaired) electrons. The molecule has 0 aromatic heterocycles. The second-order valence-corrected chi connectivity index (χ2v) is 9.89. The van der Waals surface area contributed by atoms with Gasteiger partial charge in [0.2, 0.25) is 0 Å². The van der Waals surface area contributed by atoms with Gasteiger partial charge in [0.15, 0.2) is 5.78 Å². The van der Waals surface area contributed by atoms with Crippen LogP contribution < -0.4 is 10.6 Å². The monoisotopic (exact) mass is 503 g/mol. The van der Waals surface area contributed by atoms with Crippen LogP contribution in [-0.2, 0) is 12.0 Å². The normalized spacial score (nSPS) is 16.1. The Morgan fingerprint density at radius 1 is 1.00 bits per heavy atom. The molecular formula is C30H34FN3O3. The smallest absolute Gasteiger partial charge is 0.319 e. The van der Waals surface area contributed by atoms with Crippen molar-refractivity contribution in [2.75, 3.05) is 31.5 Å². The first-order valence-corrected chi connectivity index (χ1v) is 12.7. The first-order valence-electron chi connectivity index (χ1n) is 12.7. The summed E-state index contributed by atoms with van der Waals surface area (Å²) >= 11 is 0. The molecule has 4 rings (SSSR count). The van der Waals surface area contributed by atoms with Gasteiger partial charge in [0.25, 0.3) is 0 Å². The van der Waals surface area contributed by atoms with Gasteiger partial charge in [0.05, 0.1) is 6.54 Å². The lowest BCUT2D eigenvalue weighted by Crippen LogP contribution is -2.51. The first-order chi connectivity index (χ1) is 17.8. The number of β-amino-alcohol motifs (C(OH)–C–C–N with tert-alkyl or cyclic N) is 1. The zero-order chi connectivity index (χ0) is 26.3. The molecule has 37 heavy (non-hydrogen) atoms. The lowest BCUT2D eigenvalue weighted by Gasteiger charge is -2.38. The standard InChI is InChI=1S/C30H34FN3O3/c1-22(35)25-6-5-9-28(19-25)33-29(36)32-20-30(37,26-7-3-2-4-8-26)21-34-16-14-24(15-17-34)18-23-10-12-27(31)13-11-23/h2-13,19,24,37H,14-18,20-21H2,1H3,(H2,32,33,36). The predicted molar refractivity (Wildman–Crippen MR) is 143 cm³/mol. The number of carbonyl (C=O) groups is 2. The van der Waals surface area contributed by atoms with Crippen LogP contribution >= 0.6 is 0 Å². The van der Waals surface area contributed by atoms with E-state index in [9.17, 15) is 19.1 Å². The van der Waals surface area contributed by atoms with Gasteiger partial charge in [0.1, 0.15) is 11.4 Å². The van der Waals surface area contributed by atoms with Crippen LogP contribution in [0.25, 0.3) is 0 Å². The third-order valence-electron chi connectivity index (χ3n) is 7.01. The van der Waals surface area contributed by atoms with Crippen molar-refractivity contribution in [3.63, 3.8) is 0 Å². The number of amides is 2. The number of piperidine rings is 1. The predicted octanol–water partition coefficient (Wildman–Crippen LogP) is 4.99. The topological polar surface area (TPSA) is 81.7 Å². The van der Waals surface area contributed by atoms with Crippen LogP contribution in [0.4, 0.5) is 14.9 Å². The van der Waals surface area contributed by atoms with Crippen LogP contribution in [0.1, 0.15) is 41.3 Å². The summed E-state index contributed by atoms with van der Waals surface area (Å²) in [6.45, 7) is 3.58. The SMILES string of the molecule is CC(=O)c1cccc(NC(=O)NCC(O)(CN2CCC(Cc3ccc(F)cc3)CC2)c2ccccc2)c1. The van der Waals surface area contributed by atoms with Gasteiger partial charge in [-0.2, -0.15) is 0 Å². The Hall–Kier alpha value is -3.55. The van der Waals surface area contributed by atoms with Gasteiger partial charge < -0.3 is 20.6 Å². The van der Waals surface area contributed by atoms with Crippen molar-refractivity contribution in [1.29, 1.82) is 0 Å². The number of aliphatic hydroxyl groups is 1. The second kappa shape index (κ2) is 12.1. The minimum absolute atomic E-state index is 0.0325. The molecule has 1 atom stereocenters. The second-order valence-electron chi connectivity index (χ2n) is 9.89. The van der Waals surface area contributed by atoms with Crippen LogP contribution in [0, 0.1) is 11.7 Å². The van der Waals surface area contributed by atoms with Gasteiger partial charge in [-0.1, -0.05) is 54.6 Å². The Morgan fingerprint density at radius 2 is 1.70 bits per heavy atom. The van der Waals surface area contributed by atoms with Gasteiger partial charge >= 0.3 is 6.03 Å². The van der Waals surface area contributed by atoms with E-state index in [2.05, 4.69) is 15.5 Å². The Labute approximate surface area is 217 Å². The van der Waals surface area contributed by atoms with E-state index in [0.717, 1.165) is 43.5 Å². The third-order valence-corrected chi connectivity index (χ3v) is 7.01. The van der Waals surface area contributed by atoms with E-state index in [1.54, 1.807) is 24.3 Å². The molecule has 0 bridgehead atoms. The molecule has 1 heterocycles. The maximum Gasteiger partial charge on any atom is 0.319 e. The van der Waals surface area contributed by atoms with E-state index < -0.39 is 11.6 Å². The molecule has 0 spiro atoms. The molecule has 0 aliphatic carbocycles. The quantitative estimate of drug-likeness (QED) is 0.359. The Kier molecular flexibility index (Phi) is 8.69. The summed E-state index contributed by atoms with van der Waals surface area (Å²) in [6, 6.07) is 22.4. The van der Waals surface area contributed by atoms with Crippen molar-refractivity contribution >= 4 is 17.5 Å². The van der Waals surface area contributed by atoms with Gasteiger partial charge in [-0.05, 0) is 80.6 Å². The number of anilines is 1. The minimum Gasteiger partial charge on any atom is -0.382 e. The number of benzene rings is 3. The summed E-state index contributed by atoms with van der Waals surface area (Å²) in [7, 11) is 0. The van der Waals surface area contributed by atoms with Crippen molar-refractivity contribution in [3.8, 4) is 0 Å². The van der Waals surface area contributed by atoms with E-state index >= 15 is 0 Å². The number of carbonyl (C=O) groups excluding carboxylic acids is 2. The number of urea groups is 1. The lowest BCUT2D eigenvalue weighted by atomic mass is 9.88. The van der Waals surface area contributed by atoms with Crippen molar-refractivity contribution in [1.82, 2.24) is 10.2 Å². The number of Topliss-reactive ketones (excluding diaryl/α,β-unsaturated/α-hetero) is 1. The van der Waals surface area contributed by atoms with Crippen LogP contribution in [0.2, 0.25) is 0 Å². The zero-order valence-electron chi connectivity index (χ0n) is 21.1. The maximum atomic E-state index is 13.2. The Bertz CT molecular complexity index is 1190. The third kappa shape index (κ3) is 7.47. The maximum absolute atomic E-state index is 13.2. The molecule has 1 aliphatic heterocycles. The van der Waals surface area contributed by atoms with Crippen LogP contribution in [0.3, 0.4) is 0 Å². The highest BCUT2D eigenvalue weighted by atomic mass is 19.1. The summed E-state index contributed by atoms with van der Waals surface area (Å²) in [5.41, 5.74) is 1.63.